The van der Waals surface area contributed by atoms with Crippen LogP contribution in [0.25, 0.3) is 0 Å². The van der Waals surface area contributed by atoms with Gasteiger partial charge < -0.3 is 15.6 Å². The van der Waals surface area contributed by atoms with E-state index in [1.54, 1.807) is 26.0 Å². The summed E-state index contributed by atoms with van der Waals surface area (Å²) in [7, 11) is 1.45. The van der Waals surface area contributed by atoms with Crippen molar-refractivity contribution in [1.82, 2.24) is 0 Å². The molecule has 0 bridgehead atoms. The molecule has 0 heterocycles. The Kier molecular flexibility index (Phi) is 3.88. The molecule has 0 radical (unpaired) electrons. The SMILES string of the molecule is COc1cccc(F)c1C(C)(O)C(C)CN. The van der Waals surface area contributed by atoms with Crippen molar-refractivity contribution in [2.45, 2.75) is 19.4 Å². The summed E-state index contributed by atoms with van der Waals surface area (Å²) in [5.41, 5.74) is 4.33. The van der Waals surface area contributed by atoms with E-state index in [0.29, 0.717) is 5.75 Å². The normalized spacial score (nSPS) is 16.6. The summed E-state index contributed by atoms with van der Waals surface area (Å²) in [4.78, 5) is 0. The zero-order valence-corrected chi connectivity index (χ0v) is 9.83. The summed E-state index contributed by atoms with van der Waals surface area (Å²) in [6.45, 7) is 3.59. The van der Waals surface area contributed by atoms with Crippen LogP contribution in [0.4, 0.5) is 4.39 Å². The minimum atomic E-state index is -1.34. The van der Waals surface area contributed by atoms with E-state index in [2.05, 4.69) is 0 Å². The zero-order valence-electron chi connectivity index (χ0n) is 9.83. The van der Waals surface area contributed by atoms with Crippen molar-refractivity contribution in [1.29, 1.82) is 0 Å². The van der Waals surface area contributed by atoms with Gasteiger partial charge >= 0.3 is 0 Å². The molecule has 3 nitrogen and oxygen atoms in total. The van der Waals surface area contributed by atoms with Gasteiger partial charge in [0.05, 0.1) is 18.3 Å². The van der Waals surface area contributed by atoms with Crippen LogP contribution in [0.5, 0.6) is 5.75 Å². The summed E-state index contributed by atoms with van der Waals surface area (Å²) >= 11 is 0. The molecular formula is C12H18FNO2. The topological polar surface area (TPSA) is 55.5 Å². The quantitative estimate of drug-likeness (QED) is 0.822. The van der Waals surface area contributed by atoms with Gasteiger partial charge in [-0.2, -0.15) is 0 Å². The third-order valence-electron chi connectivity index (χ3n) is 3.01. The fraction of sp³-hybridized carbons (Fsp3) is 0.500. The van der Waals surface area contributed by atoms with E-state index in [1.165, 1.54) is 13.2 Å². The second-order valence-electron chi connectivity index (χ2n) is 4.10. The second kappa shape index (κ2) is 4.80. The lowest BCUT2D eigenvalue weighted by Crippen LogP contribution is -2.36. The molecule has 0 aromatic heterocycles. The van der Waals surface area contributed by atoms with Crippen LogP contribution >= 0.6 is 0 Å². The average Bonchev–Trinajstić information content (AvgIpc) is 2.26. The van der Waals surface area contributed by atoms with Gasteiger partial charge in [-0.15, -0.1) is 0 Å². The van der Waals surface area contributed by atoms with Crippen molar-refractivity contribution in [3.8, 4) is 5.75 Å². The summed E-state index contributed by atoms with van der Waals surface area (Å²) < 4.78 is 18.8. The van der Waals surface area contributed by atoms with Crippen molar-refractivity contribution in [3.05, 3.63) is 29.6 Å². The van der Waals surface area contributed by atoms with E-state index in [-0.39, 0.29) is 18.0 Å². The van der Waals surface area contributed by atoms with Crippen LogP contribution in [-0.2, 0) is 5.60 Å². The van der Waals surface area contributed by atoms with E-state index < -0.39 is 11.4 Å². The first kappa shape index (κ1) is 12.9. The van der Waals surface area contributed by atoms with Crippen molar-refractivity contribution in [3.63, 3.8) is 0 Å². The van der Waals surface area contributed by atoms with E-state index in [9.17, 15) is 9.50 Å². The highest BCUT2D eigenvalue weighted by Gasteiger charge is 2.35. The number of benzene rings is 1. The van der Waals surface area contributed by atoms with Gasteiger partial charge in [-0.3, -0.25) is 0 Å². The third-order valence-corrected chi connectivity index (χ3v) is 3.01. The first-order chi connectivity index (χ1) is 7.45. The lowest BCUT2D eigenvalue weighted by molar-refractivity contribution is -0.000159. The highest BCUT2D eigenvalue weighted by Crippen LogP contribution is 2.36. The lowest BCUT2D eigenvalue weighted by atomic mass is 9.83. The van der Waals surface area contributed by atoms with Crippen LogP contribution in [-0.4, -0.2) is 18.8 Å². The van der Waals surface area contributed by atoms with Gasteiger partial charge in [0, 0.05) is 5.92 Å². The van der Waals surface area contributed by atoms with Crippen LogP contribution in [0.1, 0.15) is 19.4 Å². The molecule has 0 aliphatic rings. The Hall–Kier alpha value is -1.13. The number of aliphatic hydroxyl groups is 1. The van der Waals surface area contributed by atoms with Crippen molar-refractivity contribution < 1.29 is 14.2 Å². The van der Waals surface area contributed by atoms with Gasteiger partial charge in [0.1, 0.15) is 11.6 Å². The molecule has 2 atom stereocenters. The monoisotopic (exact) mass is 227 g/mol. The minimum absolute atomic E-state index is 0.162. The van der Waals surface area contributed by atoms with E-state index in [0.717, 1.165) is 0 Å². The lowest BCUT2D eigenvalue weighted by Gasteiger charge is -2.31. The van der Waals surface area contributed by atoms with Crippen LogP contribution in [0, 0.1) is 11.7 Å². The fourth-order valence-electron chi connectivity index (χ4n) is 1.64. The molecule has 16 heavy (non-hydrogen) atoms. The van der Waals surface area contributed by atoms with Crippen LogP contribution in [0.15, 0.2) is 18.2 Å². The van der Waals surface area contributed by atoms with Gasteiger partial charge in [-0.25, -0.2) is 4.39 Å². The smallest absolute Gasteiger partial charge is 0.133 e. The van der Waals surface area contributed by atoms with Crippen molar-refractivity contribution in [2.24, 2.45) is 11.7 Å². The molecule has 0 aliphatic heterocycles. The highest BCUT2D eigenvalue weighted by atomic mass is 19.1. The Balaban J connectivity index is 3.30. The van der Waals surface area contributed by atoms with Crippen LogP contribution in [0.3, 0.4) is 0 Å². The molecule has 0 saturated heterocycles. The molecule has 0 aliphatic carbocycles. The first-order valence-electron chi connectivity index (χ1n) is 5.20. The minimum Gasteiger partial charge on any atom is -0.496 e. The molecule has 0 saturated carbocycles. The standard InChI is InChI=1S/C12H18FNO2/c1-8(7-14)12(2,15)11-9(13)5-4-6-10(11)16-3/h4-6,8,15H,7,14H2,1-3H3. The molecule has 0 spiro atoms. The number of ether oxygens (including phenoxy) is 1. The van der Waals surface area contributed by atoms with E-state index in [4.69, 9.17) is 10.5 Å². The molecule has 1 aromatic rings. The summed E-state index contributed by atoms with van der Waals surface area (Å²) in [6, 6.07) is 4.46. The molecular weight excluding hydrogens is 209 g/mol. The molecule has 0 amide bonds. The third kappa shape index (κ3) is 2.18. The van der Waals surface area contributed by atoms with E-state index in [1.807, 2.05) is 0 Å². The maximum Gasteiger partial charge on any atom is 0.133 e. The van der Waals surface area contributed by atoms with Crippen LogP contribution in [0.2, 0.25) is 0 Å². The predicted octanol–water partition coefficient (Wildman–Crippen LogP) is 1.64. The maximum absolute atomic E-state index is 13.7. The highest BCUT2D eigenvalue weighted by molar-refractivity contribution is 5.39. The molecule has 2 unspecified atom stereocenters. The molecule has 3 N–H and O–H groups in total. The summed E-state index contributed by atoms with van der Waals surface area (Å²) in [5, 5.41) is 10.3. The summed E-state index contributed by atoms with van der Waals surface area (Å²) in [6.07, 6.45) is 0. The van der Waals surface area contributed by atoms with Gasteiger partial charge in [0.2, 0.25) is 0 Å². The predicted molar refractivity (Wildman–Crippen MR) is 60.7 cm³/mol. The number of hydrogen-bond acceptors (Lipinski definition) is 3. The number of nitrogens with two attached hydrogens (primary N) is 1. The van der Waals surface area contributed by atoms with Gasteiger partial charge in [0.15, 0.2) is 0 Å². The Labute approximate surface area is 95.0 Å². The number of rotatable bonds is 4. The molecule has 90 valence electrons. The van der Waals surface area contributed by atoms with Crippen molar-refractivity contribution >= 4 is 0 Å². The van der Waals surface area contributed by atoms with E-state index >= 15 is 0 Å². The number of hydrogen-bond donors (Lipinski definition) is 2. The Bertz CT molecular complexity index is 366. The average molecular weight is 227 g/mol. The molecule has 0 fully saturated rings. The molecule has 4 heteroatoms. The molecule has 1 rings (SSSR count). The van der Waals surface area contributed by atoms with Crippen molar-refractivity contribution in [2.75, 3.05) is 13.7 Å². The zero-order chi connectivity index (χ0) is 12.3. The van der Waals surface area contributed by atoms with Gasteiger partial charge in [-0.05, 0) is 25.6 Å². The maximum atomic E-state index is 13.7. The second-order valence-corrected chi connectivity index (χ2v) is 4.10. The van der Waals surface area contributed by atoms with Gasteiger partial charge in [0.25, 0.3) is 0 Å². The Morgan fingerprint density at radius 2 is 2.19 bits per heavy atom. The number of halogens is 1. The summed E-state index contributed by atoms with van der Waals surface area (Å²) in [5.74, 6) is -0.409. The molecule has 1 aromatic carbocycles. The Morgan fingerprint density at radius 3 is 2.69 bits per heavy atom. The number of methoxy groups -OCH3 is 1. The fourth-order valence-corrected chi connectivity index (χ4v) is 1.64. The Morgan fingerprint density at radius 1 is 1.56 bits per heavy atom. The van der Waals surface area contributed by atoms with Crippen LogP contribution < -0.4 is 10.5 Å². The largest absolute Gasteiger partial charge is 0.496 e. The van der Waals surface area contributed by atoms with Gasteiger partial charge in [-0.1, -0.05) is 13.0 Å². The first-order valence-corrected chi connectivity index (χ1v) is 5.20.